The second kappa shape index (κ2) is 11.6. The highest BCUT2D eigenvalue weighted by Gasteiger charge is 2.29. The van der Waals surface area contributed by atoms with Crippen molar-refractivity contribution in [3.8, 4) is 0 Å². The van der Waals surface area contributed by atoms with Gasteiger partial charge in [0.05, 0.1) is 12.0 Å². The molecular weight excluding hydrogens is 448 g/mol. The lowest BCUT2D eigenvalue weighted by molar-refractivity contribution is -0.161. The summed E-state index contributed by atoms with van der Waals surface area (Å²) in [7, 11) is 1.85. The van der Waals surface area contributed by atoms with E-state index < -0.39 is 36.2 Å². The first-order chi connectivity index (χ1) is 16.6. The van der Waals surface area contributed by atoms with E-state index in [0.29, 0.717) is 25.0 Å². The summed E-state index contributed by atoms with van der Waals surface area (Å²) in [6, 6.07) is 4.04. The highest BCUT2D eigenvalue weighted by atomic mass is 16.6. The Labute approximate surface area is 205 Å². The molecule has 0 bridgehead atoms. The normalized spacial score (nSPS) is 20.2. The summed E-state index contributed by atoms with van der Waals surface area (Å²) >= 11 is 0. The van der Waals surface area contributed by atoms with Crippen LogP contribution in [0, 0.1) is 13.8 Å². The molecule has 3 atom stereocenters. The lowest BCUT2D eigenvalue weighted by Gasteiger charge is -2.28. The van der Waals surface area contributed by atoms with Crippen LogP contribution in [0.15, 0.2) is 42.9 Å². The number of aryl methyl sites for hydroxylation is 3. The van der Waals surface area contributed by atoms with E-state index in [-0.39, 0.29) is 0 Å². The molecule has 35 heavy (non-hydrogen) atoms. The van der Waals surface area contributed by atoms with Crippen LogP contribution in [0.1, 0.15) is 48.2 Å². The lowest BCUT2D eigenvalue weighted by Crippen LogP contribution is -2.36. The topological polar surface area (TPSA) is 96.7 Å². The number of nitrogens with zero attached hydrogens (tertiary/aromatic N) is 2. The van der Waals surface area contributed by atoms with Crippen molar-refractivity contribution in [1.29, 1.82) is 0 Å². The van der Waals surface area contributed by atoms with E-state index in [1.54, 1.807) is 35.3 Å². The van der Waals surface area contributed by atoms with E-state index in [1.165, 1.54) is 19.9 Å². The van der Waals surface area contributed by atoms with Gasteiger partial charge in [0.2, 0.25) is 0 Å². The Hall–Kier alpha value is -3.68. The Bertz CT molecular complexity index is 1150. The Morgan fingerprint density at radius 2 is 1.66 bits per heavy atom. The molecule has 3 rings (SSSR count). The van der Waals surface area contributed by atoms with Crippen molar-refractivity contribution >= 4 is 24.0 Å². The van der Waals surface area contributed by atoms with Crippen molar-refractivity contribution in [1.82, 2.24) is 9.55 Å². The molecule has 2 aromatic rings. The fourth-order valence-corrected chi connectivity index (χ4v) is 4.21. The summed E-state index contributed by atoms with van der Waals surface area (Å²) in [5, 5.41) is 0. The molecule has 1 aliphatic rings. The average molecular weight is 481 g/mol. The largest absolute Gasteiger partial charge is 0.459 e. The smallest absolute Gasteiger partial charge is 0.331 e. The molecule has 0 radical (unpaired) electrons. The molecule has 0 fully saturated rings. The third-order valence-corrected chi connectivity index (χ3v) is 5.85. The van der Waals surface area contributed by atoms with E-state index in [0.717, 1.165) is 22.3 Å². The standard InChI is InChI=1S/C27H32N2O6/c1-17-9-10-18(2)24-14-26(34-20(4)31)25(33-19(3)30)8-6-7-22(13-23(17)24)35-27(32)12-11-21-15-29(5)16-28-21/h6,8-12,15-16,22,25-26H,7,13-14H2,1-5H3. The van der Waals surface area contributed by atoms with Crippen LogP contribution >= 0.6 is 0 Å². The van der Waals surface area contributed by atoms with Crippen LogP contribution in [0.4, 0.5) is 0 Å². The third kappa shape index (κ3) is 7.40. The molecule has 3 unspecified atom stereocenters. The van der Waals surface area contributed by atoms with Crippen LogP contribution in [0.3, 0.4) is 0 Å². The van der Waals surface area contributed by atoms with Crippen molar-refractivity contribution in [2.45, 2.75) is 65.3 Å². The molecule has 0 aliphatic heterocycles. The van der Waals surface area contributed by atoms with E-state index in [9.17, 15) is 14.4 Å². The van der Waals surface area contributed by atoms with Gasteiger partial charge in [-0.25, -0.2) is 9.78 Å². The van der Waals surface area contributed by atoms with Crippen LogP contribution in [0.25, 0.3) is 6.08 Å². The maximum absolute atomic E-state index is 12.6. The molecule has 186 valence electrons. The Kier molecular flexibility index (Phi) is 8.63. The molecule has 0 amide bonds. The van der Waals surface area contributed by atoms with Gasteiger partial charge >= 0.3 is 17.9 Å². The first kappa shape index (κ1) is 25.9. The number of benzene rings is 1. The number of ether oxygens (including phenoxy) is 3. The molecule has 1 aromatic heterocycles. The highest BCUT2D eigenvalue weighted by molar-refractivity contribution is 5.86. The zero-order valence-corrected chi connectivity index (χ0v) is 20.8. The quantitative estimate of drug-likeness (QED) is 0.279. The van der Waals surface area contributed by atoms with E-state index in [4.69, 9.17) is 14.2 Å². The average Bonchev–Trinajstić information content (AvgIpc) is 3.20. The molecular formula is C27H32N2O6. The number of fused-ring (bicyclic) bond motifs is 1. The van der Waals surface area contributed by atoms with Crippen LogP contribution in [0.2, 0.25) is 0 Å². The third-order valence-electron chi connectivity index (χ3n) is 5.85. The van der Waals surface area contributed by atoms with Gasteiger partial charge in [-0.15, -0.1) is 0 Å². The van der Waals surface area contributed by atoms with Crippen molar-refractivity contribution < 1.29 is 28.6 Å². The number of imidazole rings is 1. The predicted molar refractivity (Wildman–Crippen MR) is 130 cm³/mol. The predicted octanol–water partition coefficient (Wildman–Crippen LogP) is 3.57. The van der Waals surface area contributed by atoms with Gasteiger partial charge in [0.25, 0.3) is 0 Å². The number of rotatable bonds is 5. The maximum Gasteiger partial charge on any atom is 0.331 e. The van der Waals surface area contributed by atoms with Crippen molar-refractivity contribution in [2.75, 3.05) is 0 Å². The molecule has 0 N–H and O–H groups in total. The van der Waals surface area contributed by atoms with Crippen LogP contribution < -0.4 is 0 Å². The summed E-state index contributed by atoms with van der Waals surface area (Å²) in [6.45, 7) is 6.65. The maximum atomic E-state index is 12.6. The highest BCUT2D eigenvalue weighted by Crippen LogP contribution is 2.27. The fourth-order valence-electron chi connectivity index (χ4n) is 4.21. The van der Waals surface area contributed by atoms with Gasteiger partial charge in [-0.2, -0.15) is 0 Å². The number of esters is 3. The summed E-state index contributed by atoms with van der Waals surface area (Å²) in [5.41, 5.74) is 4.76. The second-order valence-electron chi connectivity index (χ2n) is 8.81. The monoisotopic (exact) mass is 480 g/mol. The number of carbonyl (C=O) groups excluding carboxylic acids is 3. The minimum atomic E-state index is -0.761. The summed E-state index contributed by atoms with van der Waals surface area (Å²) in [4.78, 5) is 40.4. The number of carbonyl (C=O) groups is 3. The molecule has 0 saturated carbocycles. The Morgan fingerprint density at radius 1 is 1.00 bits per heavy atom. The first-order valence-electron chi connectivity index (χ1n) is 11.6. The zero-order valence-electron chi connectivity index (χ0n) is 20.8. The van der Waals surface area contributed by atoms with Crippen molar-refractivity contribution in [3.63, 3.8) is 0 Å². The molecule has 0 spiro atoms. The van der Waals surface area contributed by atoms with Gasteiger partial charge in [0, 0.05) is 52.4 Å². The second-order valence-corrected chi connectivity index (χ2v) is 8.81. The summed E-state index contributed by atoms with van der Waals surface area (Å²) in [6.07, 6.45) is 9.35. The summed E-state index contributed by atoms with van der Waals surface area (Å²) < 4.78 is 18.7. The lowest BCUT2D eigenvalue weighted by atomic mass is 9.87. The van der Waals surface area contributed by atoms with Gasteiger partial charge < -0.3 is 18.8 Å². The molecule has 8 nitrogen and oxygen atoms in total. The van der Waals surface area contributed by atoms with Crippen LogP contribution in [0.5, 0.6) is 0 Å². The first-order valence-corrected chi connectivity index (χ1v) is 11.6. The fraction of sp³-hybridized carbons (Fsp3) is 0.407. The molecule has 1 heterocycles. The van der Waals surface area contributed by atoms with E-state index in [2.05, 4.69) is 4.98 Å². The number of hydrogen-bond donors (Lipinski definition) is 0. The van der Waals surface area contributed by atoms with Gasteiger partial charge in [-0.05, 0) is 48.3 Å². The number of hydrogen-bond acceptors (Lipinski definition) is 7. The van der Waals surface area contributed by atoms with E-state index in [1.807, 2.05) is 33.0 Å². The van der Waals surface area contributed by atoms with Gasteiger partial charge in [0.1, 0.15) is 12.2 Å². The van der Waals surface area contributed by atoms with Crippen LogP contribution in [-0.2, 0) is 48.5 Å². The van der Waals surface area contributed by atoms with E-state index >= 15 is 0 Å². The van der Waals surface area contributed by atoms with Gasteiger partial charge in [0.15, 0.2) is 6.10 Å². The Morgan fingerprint density at radius 3 is 2.26 bits per heavy atom. The molecule has 0 saturated heterocycles. The zero-order chi connectivity index (χ0) is 25.5. The number of aromatic nitrogens is 2. The molecule has 1 aromatic carbocycles. The SMILES string of the molecule is CC(=O)OC1C=CCC(OC(=O)C=Cc2cn(C)cn2)Cc2c(C)ccc(C)c2CC1OC(C)=O. The van der Waals surface area contributed by atoms with Gasteiger partial charge in [-0.3, -0.25) is 9.59 Å². The van der Waals surface area contributed by atoms with Crippen LogP contribution in [-0.4, -0.2) is 45.8 Å². The minimum Gasteiger partial charge on any atom is -0.459 e. The molecule has 8 heteroatoms. The van der Waals surface area contributed by atoms with Crippen molar-refractivity contribution in [3.05, 3.63) is 70.8 Å². The van der Waals surface area contributed by atoms with Crippen molar-refractivity contribution in [2.24, 2.45) is 7.05 Å². The minimum absolute atomic E-state index is 0.366. The van der Waals surface area contributed by atoms with Gasteiger partial charge in [-0.1, -0.05) is 18.2 Å². The summed E-state index contributed by atoms with van der Waals surface area (Å²) in [5.74, 6) is -1.39. The molecule has 1 aliphatic carbocycles. The Balaban J connectivity index is 1.92.